The van der Waals surface area contributed by atoms with E-state index in [2.05, 4.69) is 60.7 Å². The SMILES string of the molecule is c1ccc2cc(Cc3ccc4c(c3)CCCC4)ccc2c1. The topological polar surface area (TPSA) is 0 Å². The molecule has 0 saturated heterocycles. The second-order valence-corrected chi connectivity index (χ2v) is 6.17. The van der Waals surface area contributed by atoms with Crippen LogP contribution in [-0.4, -0.2) is 0 Å². The summed E-state index contributed by atoms with van der Waals surface area (Å²) in [4.78, 5) is 0. The predicted molar refractivity (Wildman–Crippen MR) is 89.8 cm³/mol. The molecule has 0 atom stereocenters. The van der Waals surface area contributed by atoms with E-state index in [1.807, 2.05) is 0 Å². The van der Waals surface area contributed by atoms with Crippen LogP contribution in [0.4, 0.5) is 0 Å². The van der Waals surface area contributed by atoms with E-state index in [1.54, 1.807) is 11.1 Å². The summed E-state index contributed by atoms with van der Waals surface area (Å²) in [7, 11) is 0. The highest BCUT2D eigenvalue weighted by molar-refractivity contribution is 5.83. The molecule has 0 heterocycles. The number of benzene rings is 3. The van der Waals surface area contributed by atoms with Gasteiger partial charge in [0, 0.05) is 0 Å². The largest absolute Gasteiger partial charge is 0.0616 e. The molecule has 0 bridgehead atoms. The van der Waals surface area contributed by atoms with Crippen molar-refractivity contribution in [3.63, 3.8) is 0 Å². The summed E-state index contributed by atoms with van der Waals surface area (Å²) < 4.78 is 0. The molecule has 0 nitrogen and oxygen atoms in total. The van der Waals surface area contributed by atoms with Crippen molar-refractivity contribution >= 4 is 10.8 Å². The zero-order chi connectivity index (χ0) is 14.1. The van der Waals surface area contributed by atoms with Crippen LogP contribution in [0.2, 0.25) is 0 Å². The number of hydrogen-bond acceptors (Lipinski definition) is 0. The predicted octanol–water partition coefficient (Wildman–Crippen LogP) is 5.31. The molecule has 0 aliphatic heterocycles. The molecular weight excluding hydrogens is 252 g/mol. The van der Waals surface area contributed by atoms with Crippen molar-refractivity contribution in [3.8, 4) is 0 Å². The lowest BCUT2D eigenvalue weighted by atomic mass is 9.89. The minimum Gasteiger partial charge on any atom is -0.0616 e. The Morgan fingerprint density at radius 2 is 1.33 bits per heavy atom. The highest BCUT2D eigenvalue weighted by atomic mass is 14.1. The van der Waals surface area contributed by atoms with Crippen molar-refractivity contribution in [3.05, 3.63) is 82.9 Å². The van der Waals surface area contributed by atoms with Crippen molar-refractivity contribution in [2.45, 2.75) is 32.1 Å². The number of fused-ring (bicyclic) bond motifs is 2. The minimum atomic E-state index is 1.04. The summed E-state index contributed by atoms with van der Waals surface area (Å²) in [5.41, 5.74) is 6.01. The van der Waals surface area contributed by atoms with E-state index in [1.165, 1.54) is 47.6 Å². The number of aryl methyl sites for hydroxylation is 2. The first kappa shape index (κ1) is 12.6. The van der Waals surface area contributed by atoms with Crippen LogP contribution in [0.25, 0.3) is 10.8 Å². The van der Waals surface area contributed by atoms with Gasteiger partial charge < -0.3 is 0 Å². The fraction of sp³-hybridized carbons (Fsp3) is 0.238. The summed E-state index contributed by atoms with van der Waals surface area (Å²) in [6.45, 7) is 0. The first-order valence-electron chi connectivity index (χ1n) is 7.97. The van der Waals surface area contributed by atoms with Crippen LogP contribution in [0.5, 0.6) is 0 Å². The highest BCUT2D eigenvalue weighted by Crippen LogP contribution is 2.24. The van der Waals surface area contributed by atoms with Crippen LogP contribution in [0, 0.1) is 0 Å². The van der Waals surface area contributed by atoms with E-state index in [9.17, 15) is 0 Å². The summed E-state index contributed by atoms with van der Waals surface area (Å²) in [6.07, 6.45) is 6.29. The molecule has 0 fully saturated rings. The highest BCUT2D eigenvalue weighted by Gasteiger charge is 2.09. The third kappa shape index (κ3) is 2.58. The van der Waals surface area contributed by atoms with Crippen LogP contribution >= 0.6 is 0 Å². The molecule has 0 heteroatoms. The lowest BCUT2D eigenvalue weighted by molar-refractivity contribution is 0.684. The van der Waals surface area contributed by atoms with Gasteiger partial charge in [-0.3, -0.25) is 0 Å². The van der Waals surface area contributed by atoms with Gasteiger partial charge in [0.05, 0.1) is 0 Å². The van der Waals surface area contributed by atoms with Gasteiger partial charge in [0.2, 0.25) is 0 Å². The van der Waals surface area contributed by atoms with Gasteiger partial charge in [-0.25, -0.2) is 0 Å². The van der Waals surface area contributed by atoms with Crippen LogP contribution in [0.15, 0.2) is 60.7 Å². The molecule has 3 aromatic carbocycles. The Kier molecular flexibility index (Phi) is 3.23. The van der Waals surface area contributed by atoms with Crippen LogP contribution in [-0.2, 0) is 19.3 Å². The molecule has 0 radical (unpaired) electrons. The van der Waals surface area contributed by atoms with E-state index in [-0.39, 0.29) is 0 Å². The Bertz CT molecular complexity index is 783. The fourth-order valence-corrected chi connectivity index (χ4v) is 3.48. The van der Waals surface area contributed by atoms with Gasteiger partial charge >= 0.3 is 0 Å². The second-order valence-electron chi connectivity index (χ2n) is 6.17. The summed E-state index contributed by atoms with van der Waals surface area (Å²) >= 11 is 0. The van der Waals surface area contributed by atoms with Gasteiger partial charge in [0.1, 0.15) is 0 Å². The molecule has 104 valence electrons. The summed E-state index contributed by atoms with van der Waals surface area (Å²) in [5.74, 6) is 0. The smallest absolute Gasteiger partial charge is 0.00254 e. The summed E-state index contributed by atoms with van der Waals surface area (Å²) in [6, 6.07) is 22.5. The zero-order valence-corrected chi connectivity index (χ0v) is 12.3. The molecule has 0 spiro atoms. The molecule has 3 aromatic rings. The molecule has 4 rings (SSSR count). The Morgan fingerprint density at radius 3 is 2.24 bits per heavy atom. The van der Waals surface area contributed by atoms with Crippen molar-refractivity contribution in [2.75, 3.05) is 0 Å². The maximum Gasteiger partial charge on any atom is -0.00254 e. The average Bonchev–Trinajstić information content (AvgIpc) is 2.55. The quantitative estimate of drug-likeness (QED) is 0.593. The van der Waals surface area contributed by atoms with Gasteiger partial charge in [-0.15, -0.1) is 0 Å². The molecule has 1 aliphatic carbocycles. The van der Waals surface area contributed by atoms with Crippen molar-refractivity contribution in [2.24, 2.45) is 0 Å². The van der Waals surface area contributed by atoms with E-state index in [4.69, 9.17) is 0 Å². The minimum absolute atomic E-state index is 1.04. The molecule has 1 aliphatic rings. The lowest BCUT2D eigenvalue weighted by Gasteiger charge is -2.16. The van der Waals surface area contributed by atoms with E-state index < -0.39 is 0 Å². The Balaban J connectivity index is 1.64. The van der Waals surface area contributed by atoms with Crippen LogP contribution in [0.1, 0.15) is 35.1 Å². The van der Waals surface area contributed by atoms with Gasteiger partial charge in [0.15, 0.2) is 0 Å². The molecule has 0 saturated carbocycles. The van der Waals surface area contributed by atoms with E-state index in [0.29, 0.717) is 0 Å². The second kappa shape index (κ2) is 5.37. The monoisotopic (exact) mass is 272 g/mol. The molecular formula is C21H20. The third-order valence-electron chi connectivity index (χ3n) is 4.64. The Hall–Kier alpha value is -2.08. The molecule has 0 N–H and O–H groups in total. The van der Waals surface area contributed by atoms with Crippen LogP contribution in [0.3, 0.4) is 0 Å². The first-order chi connectivity index (χ1) is 10.4. The molecule has 0 amide bonds. The Labute approximate surface area is 126 Å². The van der Waals surface area contributed by atoms with E-state index in [0.717, 1.165) is 6.42 Å². The van der Waals surface area contributed by atoms with Gasteiger partial charge in [0.25, 0.3) is 0 Å². The Morgan fingerprint density at radius 1 is 0.619 bits per heavy atom. The number of hydrogen-bond donors (Lipinski definition) is 0. The lowest BCUT2D eigenvalue weighted by Crippen LogP contribution is -2.03. The van der Waals surface area contributed by atoms with Crippen molar-refractivity contribution in [1.29, 1.82) is 0 Å². The molecule has 0 aromatic heterocycles. The average molecular weight is 272 g/mol. The zero-order valence-electron chi connectivity index (χ0n) is 12.3. The fourth-order valence-electron chi connectivity index (χ4n) is 3.48. The van der Waals surface area contributed by atoms with E-state index >= 15 is 0 Å². The maximum absolute atomic E-state index is 2.43. The first-order valence-corrected chi connectivity index (χ1v) is 7.97. The third-order valence-corrected chi connectivity index (χ3v) is 4.64. The number of rotatable bonds is 2. The molecule has 0 unspecified atom stereocenters. The van der Waals surface area contributed by atoms with Gasteiger partial charge in [-0.2, -0.15) is 0 Å². The maximum atomic E-state index is 2.43. The standard InChI is InChI=1S/C21H20/c1-3-7-20-14-16(9-11-18(20)5-1)13-17-10-12-19-6-2-4-8-21(19)15-17/h1,3,5,7,9-12,14-15H,2,4,6,8,13H2. The summed E-state index contributed by atoms with van der Waals surface area (Å²) in [5, 5.41) is 2.67. The van der Waals surface area contributed by atoms with Crippen molar-refractivity contribution in [1.82, 2.24) is 0 Å². The molecule has 21 heavy (non-hydrogen) atoms. The van der Waals surface area contributed by atoms with Crippen molar-refractivity contribution < 1.29 is 0 Å². The van der Waals surface area contributed by atoms with Gasteiger partial charge in [-0.1, -0.05) is 60.7 Å². The van der Waals surface area contributed by atoms with Crippen LogP contribution < -0.4 is 0 Å². The normalized spacial score (nSPS) is 14.1. The van der Waals surface area contributed by atoms with Gasteiger partial charge in [-0.05, 0) is 65.1 Å².